The molecule has 1 saturated heterocycles. The standard InChI is InChI=1S/C27H27ClFN3O3/c1-2-34-25-16-20(15-24(28)26(25)35-18-19-5-9-22(29)10-6-19)17-30-31-27(33)21-7-11-23(12-8-21)32-13-3-4-14-32/h5-12,15-17H,2-4,13-14,18H2,1H3,(H,31,33)/b30-17-. The molecule has 35 heavy (non-hydrogen) atoms. The number of hydrogen-bond donors (Lipinski definition) is 1. The van der Waals surface area contributed by atoms with Crippen LogP contribution in [0.3, 0.4) is 0 Å². The molecule has 1 aliphatic rings. The molecule has 0 unspecified atom stereocenters. The van der Waals surface area contributed by atoms with Crippen molar-refractivity contribution >= 4 is 29.4 Å². The lowest BCUT2D eigenvalue weighted by Crippen LogP contribution is -2.19. The van der Waals surface area contributed by atoms with Crippen LogP contribution in [0, 0.1) is 5.82 Å². The second-order valence-electron chi connectivity index (χ2n) is 8.12. The highest BCUT2D eigenvalue weighted by molar-refractivity contribution is 6.32. The number of halogens is 2. The van der Waals surface area contributed by atoms with Crippen LogP contribution in [0.1, 0.15) is 41.3 Å². The van der Waals surface area contributed by atoms with Gasteiger partial charge in [-0.2, -0.15) is 5.10 Å². The zero-order valence-electron chi connectivity index (χ0n) is 19.5. The maximum absolute atomic E-state index is 13.1. The lowest BCUT2D eigenvalue weighted by molar-refractivity contribution is 0.0955. The summed E-state index contributed by atoms with van der Waals surface area (Å²) in [6, 6.07) is 17.0. The Morgan fingerprint density at radius 2 is 1.80 bits per heavy atom. The fraction of sp³-hybridized carbons (Fsp3) is 0.259. The molecular weight excluding hydrogens is 469 g/mol. The zero-order chi connectivity index (χ0) is 24.6. The van der Waals surface area contributed by atoms with E-state index in [4.69, 9.17) is 21.1 Å². The van der Waals surface area contributed by atoms with E-state index >= 15 is 0 Å². The summed E-state index contributed by atoms with van der Waals surface area (Å²) in [5.74, 6) is 0.228. The molecular formula is C27H27ClFN3O3. The van der Waals surface area contributed by atoms with Crippen LogP contribution in [0.5, 0.6) is 11.5 Å². The maximum Gasteiger partial charge on any atom is 0.271 e. The number of rotatable bonds is 9. The molecule has 0 atom stereocenters. The van der Waals surface area contributed by atoms with Gasteiger partial charge in [0.15, 0.2) is 11.5 Å². The topological polar surface area (TPSA) is 63.2 Å². The van der Waals surface area contributed by atoms with Gasteiger partial charge in [-0.3, -0.25) is 4.79 Å². The summed E-state index contributed by atoms with van der Waals surface area (Å²) >= 11 is 6.45. The third-order valence-corrected chi connectivity index (χ3v) is 5.89. The van der Waals surface area contributed by atoms with Gasteiger partial charge in [-0.25, -0.2) is 9.82 Å². The van der Waals surface area contributed by atoms with Crippen LogP contribution in [0.15, 0.2) is 65.8 Å². The van der Waals surface area contributed by atoms with E-state index in [2.05, 4.69) is 15.4 Å². The summed E-state index contributed by atoms with van der Waals surface area (Å²) < 4.78 is 24.7. The average Bonchev–Trinajstić information content (AvgIpc) is 3.40. The number of nitrogens with one attached hydrogen (secondary N) is 1. The SMILES string of the molecule is CCOc1cc(/C=N\NC(=O)c2ccc(N3CCCC3)cc2)cc(Cl)c1OCc1ccc(F)cc1. The summed E-state index contributed by atoms with van der Waals surface area (Å²) in [6.45, 7) is 4.58. The van der Waals surface area contributed by atoms with E-state index < -0.39 is 0 Å². The van der Waals surface area contributed by atoms with Crippen molar-refractivity contribution in [3.63, 3.8) is 0 Å². The number of nitrogens with zero attached hydrogens (tertiary/aromatic N) is 2. The van der Waals surface area contributed by atoms with Gasteiger partial charge in [-0.05, 0) is 79.4 Å². The molecule has 0 aromatic heterocycles. The van der Waals surface area contributed by atoms with E-state index in [1.807, 2.05) is 19.1 Å². The molecule has 1 fully saturated rings. The van der Waals surface area contributed by atoms with Crippen LogP contribution in [-0.2, 0) is 6.61 Å². The van der Waals surface area contributed by atoms with Crippen LogP contribution in [-0.4, -0.2) is 31.8 Å². The monoisotopic (exact) mass is 495 g/mol. The Morgan fingerprint density at radius 1 is 1.09 bits per heavy atom. The number of amides is 1. The van der Waals surface area contributed by atoms with Gasteiger partial charge in [0.25, 0.3) is 5.91 Å². The number of carbonyl (C=O) groups excluding carboxylic acids is 1. The first-order valence-electron chi connectivity index (χ1n) is 11.6. The number of carbonyl (C=O) groups is 1. The number of ether oxygens (including phenoxy) is 2. The third kappa shape index (κ3) is 6.51. The lowest BCUT2D eigenvalue weighted by atomic mass is 10.2. The summed E-state index contributed by atoms with van der Waals surface area (Å²) in [5.41, 5.74) is 5.64. The minimum absolute atomic E-state index is 0.208. The molecule has 3 aromatic carbocycles. The largest absolute Gasteiger partial charge is 0.490 e. The zero-order valence-corrected chi connectivity index (χ0v) is 20.2. The van der Waals surface area contributed by atoms with Gasteiger partial charge >= 0.3 is 0 Å². The smallest absolute Gasteiger partial charge is 0.271 e. The Hall–Kier alpha value is -3.58. The van der Waals surface area contributed by atoms with Crippen LogP contribution in [0.2, 0.25) is 5.02 Å². The average molecular weight is 496 g/mol. The summed E-state index contributed by atoms with van der Waals surface area (Å²) in [6.07, 6.45) is 3.90. The molecule has 1 heterocycles. The molecule has 0 saturated carbocycles. The predicted octanol–water partition coefficient (Wildman–Crippen LogP) is 5.82. The first-order valence-corrected chi connectivity index (χ1v) is 11.9. The Bertz CT molecular complexity index is 1180. The molecule has 182 valence electrons. The molecule has 6 nitrogen and oxygen atoms in total. The number of benzene rings is 3. The third-order valence-electron chi connectivity index (χ3n) is 5.61. The number of hydrogen-bond acceptors (Lipinski definition) is 5. The van der Waals surface area contributed by atoms with Crippen molar-refractivity contribution in [2.24, 2.45) is 5.10 Å². The molecule has 0 aliphatic carbocycles. The van der Waals surface area contributed by atoms with Crippen molar-refractivity contribution < 1.29 is 18.7 Å². The number of anilines is 1. The second kappa shape index (κ2) is 11.7. The van der Waals surface area contributed by atoms with E-state index in [0.29, 0.717) is 34.3 Å². The predicted molar refractivity (Wildman–Crippen MR) is 136 cm³/mol. The first-order chi connectivity index (χ1) is 17.0. The Balaban J connectivity index is 1.40. The van der Waals surface area contributed by atoms with Crippen molar-refractivity contribution in [3.8, 4) is 11.5 Å². The molecule has 3 aromatic rings. The maximum atomic E-state index is 13.1. The fourth-order valence-corrected chi connectivity index (χ4v) is 4.10. The van der Waals surface area contributed by atoms with E-state index in [1.54, 1.807) is 36.4 Å². The summed E-state index contributed by atoms with van der Waals surface area (Å²) in [4.78, 5) is 14.8. The van der Waals surface area contributed by atoms with Crippen molar-refractivity contribution in [1.29, 1.82) is 0 Å². The molecule has 1 amide bonds. The van der Waals surface area contributed by atoms with E-state index in [0.717, 1.165) is 24.3 Å². The second-order valence-corrected chi connectivity index (χ2v) is 8.53. The van der Waals surface area contributed by atoms with Crippen LogP contribution in [0.4, 0.5) is 10.1 Å². The van der Waals surface area contributed by atoms with Gasteiger partial charge in [0, 0.05) is 24.3 Å². The van der Waals surface area contributed by atoms with E-state index in [1.165, 1.54) is 31.2 Å². The molecule has 4 rings (SSSR count). The molecule has 8 heteroatoms. The van der Waals surface area contributed by atoms with Crippen LogP contribution >= 0.6 is 11.6 Å². The van der Waals surface area contributed by atoms with Gasteiger partial charge in [0.1, 0.15) is 12.4 Å². The summed E-state index contributed by atoms with van der Waals surface area (Å²) in [5, 5.41) is 4.40. The Kier molecular flexibility index (Phi) is 8.21. The quantitative estimate of drug-likeness (QED) is 0.300. The number of hydrazone groups is 1. The molecule has 0 radical (unpaired) electrons. The van der Waals surface area contributed by atoms with Crippen molar-refractivity contribution in [1.82, 2.24) is 5.43 Å². The molecule has 0 bridgehead atoms. The van der Waals surface area contributed by atoms with Crippen LogP contribution in [0.25, 0.3) is 0 Å². The molecule has 0 spiro atoms. The van der Waals surface area contributed by atoms with Gasteiger partial charge in [0.2, 0.25) is 0 Å². The van der Waals surface area contributed by atoms with Gasteiger partial charge in [-0.1, -0.05) is 23.7 Å². The van der Waals surface area contributed by atoms with E-state index in [-0.39, 0.29) is 18.3 Å². The van der Waals surface area contributed by atoms with Gasteiger partial charge < -0.3 is 14.4 Å². The van der Waals surface area contributed by atoms with Gasteiger partial charge in [-0.15, -0.1) is 0 Å². The van der Waals surface area contributed by atoms with E-state index in [9.17, 15) is 9.18 Å². The fourth-order valence-electron chi connectivity index (χ4n) is 3.83. The molecule has 1 N–H and O–H groups in total. The Labute approximate surface area is 209 Å². The van der Waals surface area contributed by atoms with Crippen molar-refractivity contribution in [2.75, 3.05) is 24.6 Å². The first kappa shape index (κ1) is 24.5. The minimum Gasteiger partial charge on any atom is -0.490 e. The minimum atomic E-state index is -0.309. The Morgan fingerprint density at radius 3 is 2.49 bits per heavy atom. The lowest BCUT2D eigenvalue weighted by Gasteiger charge is -2.17. The highest BCUT2D eigenvalue weighted by Gasteiger charge is 2.14. The van der Waals surface area contributed by atoms with Crippen LogP contribution < -0.4 is 19.8 Å². The highest BCUT2D eigenvalue weighted by atomic mass is 35.5. The van der Waals surface area contributed by atoms with Gasteiger partial charge in [0.05, 0.1) is 17.8 Å². The highest BCUT2D eigenvalue weighted by Crippen LogP contribution is 2.37. The summed E-state index contributed by atoms with van der Waals surface area (Å²) in [7, 11) is 0. The van der Waals surface area contributed by atoms with Crippen molar-refractivity contribution in [3.05, 3.63) is 88.2 Å². The molecule has 1 aliphatic heterocycles. The normalized spacial score (nSPS) is 13.3. The van der Waals surface area contributed by atoms with Crippen molar-refractivity contribution in [2.45, 2.75) is 26.4 Å².